The summed E-state index contributed by atoms with van der Waals surface area (Å²) in [4.78, 5) is 11.5. The quantitative estimate of drug-likeness (QED) is 0.635. The van der Waals surface area contributed by atoms with Crippen LogP contribution in [-0.2, 0) is 4.79 Å². The first-order chi connectivity index (χ1) is 8.75. The molecule has 0 bridgehead atoms. The molecule has 1 heterocycles. The first kappa shape index (κ1) is 13.1. The minimum absolute atomic E-state index is 0.252. The third-order valence-corrected chi connectivity index (χ3v) is 3.65. The SMILES string of the molecule is O=C(O)CCCCSc1ccc2c(c1)OCCO2. The number of thioether (sulfide) groups is 1. The number of carboxylic acid groups (broad SMARTS) is 1. The normalized spacial score (nSPS) is 13.3. The Morgan fingerprint density at radius 3 is 2.78 bits per heavy atom. The monoisotopic (exact) mass is 268 g/mol. The fraction of sp³-hybridized carbons (Fsp3) is 0.462. The third-order valence-electron chi connectivity index (χ3n) is 2.57. The largest absolute Gasteiger partial charge is 0.486 e. The average molecular weight is 268 g/mol. The molecular weight excluding hydrogens is 252 g/mol. The van der Waals surface area contributed by atoms with E-state index in [4.69, 9.17) is 14.6 Å². The molecule has 0 atom stereocenters. The van der Waals surface area contributed by atoms with Gasteiger partial charge in [-0.15, -0.1) is 11.8 Å². The fourth-order valence-electron chi connectivity index (χ4n) is 1.68. The molecule has 0 aliphatic carbocycles. The van der Waals surface area contributed by atoms with Gasteiger partial charge in [-0.3, -0.25) is 4.79 Å². The van der Waals surface area contributed by atoms with Crippen LogP contribution >= 0.6 is 11.8 Å². The van der Waals surface area contributed by atoms with Crippen molar-refractivity contribution in [1.82, 2.24) is 0 Å². The van der Waals surface area contributed by atoms with Gasteiger partial charge in [-0.05, 0) is 36.8 Å². The number of fused-ring (bicyclic) bond motifs is 1. The number of carboxylic acids is 1. The van der Waals surface area contributed by atoms with Crippen LogP contribution in [0.25, 0.3) is 0 Å². The summed E-state index contributed by atoms with van der Waals surface area (Å²) >= 11 is 1.72. The van der Waals surface area contributed by atoms with Gasteiger partial charge in [-0.2, -0.15) is 0 Å². The summed E-state index contributed by atoms with van der Waals surface area (Å²) in [5.74, 6) is 1.81. The van der Waals surface area contributed by atoms with Crippen molar-refractivity contribution in [2.75, 3.05) is 19.0 Å². The summed E-state index contributed by atoms with van der Waals surface area (Å²) in [6, 6.07) is 5.92. The van der Waals surface area contributed by atoms with Crippen molar-refractivity contribution in [3.05, 3.63) is 18.2 Å². The molecule has 18 heavy (non-hydrogen) atoms. The molecule has 0 aromatic heterocycles. The second kappa shape index (κ2) is 6.54. The maximum Gasteiger partial charge on any atom is 0.303 e. The summed E-state index contributed by atoms with van der Waals surface area (Å²) in [6.07, 6.45) is 1.89. The van der Waals surface area contributed by atoms with Crippen molar-refractivity contribution in [1.29, 1.82) is 0 Å². The highest BCUT2D eigenvalue weighted by Crippen LogP contribution is 2.34. The predicted octanol–water partition coefficient (Wildman–Crippen LogP) is 2.80. The molecule has 0 amide bonds. The maximum absolute atomic E-state index is 10.4. The zero-order valence-electron chi connectivity index (χ0n) is 10.1. The van der Waals surface area contributed by atoms with Crippen LogP contribution in [0.4, 0.5) is 0 Å². The van der Waals surface area contributed by atoms with Gasteiger partial charge in [-0.25, -0.2) is 0 Å². The Labute approximate surface area is 110 Å². The molecule has 1 N–H and O–H groups in total. The highest BCUT2D eigenvalue weighted by Gasteiger charge is 2.11. The number of unbranched alkanes of at least 4 members (excludes halogenated alkanes) is 1. The van der Waals surface area contributed by atoms with Crippen LogP contribution in [0.5, 0.6) is 11.5 Å². The summed E-state index contributed by atoms with van der Waals surface area (Å²) in [5, 5.41) is 8.53. The van der Waals surface area contributed by atoms with Crippen molar-refractivity contribution in [3.63, 3.8) is 0 Å². The summed E-state index contributed by atoms with van der Waals surface area (Å²) in [7, 11) is 0. The molecule has 0 unspecified atom stereocenters. The van der Waals surface area contributed by atoms with Gasteiger partial charge in [-0.1, -0.05) is 0 Å². The number of hydrogen-bond donors (Lipinski definition) is 1. The van der Waals surface area contributed by atoms with Crippen LogP contribution < -0.4 is 9.47 Å². The second-order valence-electron chi connectivity index (χ2n) is 4.00. The fourth-order valence-corrected chi connectivity index (χ4v) is 2.62. The number of benzene rings is 1. The van der Waals surface area contributed by atoms with Crippen LogP contribution in [0.2, 0.25) is 0 Å². The molecule has 0 saturated heterocycles. The van der Waals surface area contributed by atoms with Crippen LogP contribution in [0.1, 0.15) is 19.3 Å². The lowest BCUT2D eigenvalue weighted by Crippen LogP contribution is -2.15. The first-order valence-electron chi connectivity index (χ1n) is 6.00. The zero-order chi connectivity index (χ0) is 12.8. The Morgan fingerprint density at radius 1 is 1.22 bits per heavy atom. The Balaban J connectivity index is 1.77. The van der Waals surface area contributed by atoms with Gasteiger partial charge in [0.1, 0.15) is 13.2 Å². The molecule has 0 fully saturated rings. The molecule has 1 aromatic rings. The Morgan fingerprint density at radius 2 is 2.00 bits per heavy atom. The van der Waals surface area contributed by atoms with E-state index in [0.717, 1.165) is 35.0 Å². The third kappa shape index (κ3) is 3.84. The number of carbonyl (C=O) groups is 1. The van der Waals surface area contributed by atoms with E-state index in [1.54, 1.807) is 11.8 Å². The van der Waals surface area contributed by atoms with Crippen LogP contribution in [0.15, 0.2) is 23.1 Å². The molecular formula is C13H16O4S. The topological polar surface area (TPSA) is 55.8 Å². The summed E-state index contributed by atoms with van der Waals surface area (Å²) in [6.45, 7) is 1.20. The Bertz CT molecular complexity index is 419. The first-order valence-corrected chi connectivity index (χ1v) is 6.98. The van der Waals surface area contributed by atoms with Gasteiger partial charge >= 0.3 is 5.97 Å². The number of ether oxygens (including phenoxy) is 2. The second-order valence-corrected chi connectivity index (χ2v) is 5.17. The molecule has 0 radical (unpaired) electrons. The lowest BCUT2D eigenvalue weighted by Gasteiger charge is -2.18. The van der Waals surface area contributed by atoms with E-state index in [9.17, 15) is 4.79 Å². The van der Waals surface area contributed by atoms with Crippen LogP contribution in [-0.4, -0.2) is 30.0 Å². The van der Waals surface area contributed by atoms with Gasteiger partial charge in [0.25, 0.3) is 0 Å². The van der Waals surface area contributed by atoms with Crippen molar-refractivity contribution in [2.45, 2.75) is 24.2 Å². The van der Waals surface area contributed by atoms with E-state index in [0.29, 0.717) is 13.2 Å². The van der Waals surface area contributed by atoms with Gasteiger partial charge < -0.3 is 14.6 Å². The molecule has 5 heteroatoms. The van der Waals surface area contributed by atoms with E-state index >= 15 is 0 Å². The van der Waals surface area contributed by atoms with Crippen molar-refractivity contribution < 1.29 is 19.4 Å². The Kier molecular flexibility index (Phi) is 4.75. The maximum atomic E-state index is 10.4. The summed E-state index contributed by atoms with van der Waals surface area (Å²) < 4.78 is 11.0. The molecule has 1 aliphatic heterocycles. The lowest BCUT2D eigenvalue weighted by atomic mass is 10.2. The minimum Gasteiger partial charge on any atom is -0.486 e. The van der Waals surface area contributed by atoms with Crippen molar-refractivity contribution in [2.24, 2.45) is 0 Å². The van der Waals surface area contributed by atoms with E-state index in [1.165, 1.54) is 0 Å². The van der Waals surface area contributed by atoms with Crippen molar-refractivity contribution in [3.8, 4) is 11.5 Å². The molecule has 98 valence electrons. The highest BCUT2D eigenvalue weighted by atomic mass is 32.2. The number of aliphatic carboxylic acids is 1. The summed E-state index contributed by atoms with van der Waals surface area (Å²) in [5.41, 5.74) is 0. The van der Waals surface area contributed by atoms with Gasteiger partial charge in [0.15, 0.2) is 11.5 Å². The smallest absolute Gasteiger partial charge is 0.303 e. The van der Waals surface area contributed by atoms with Gasteiger partial charge in [0.2, 0.25) is 0 Å². The van der Waals surface area contributed by atoms with Crippen molar-refractivity contribution >= 4 is 17.7 Å². The predicted molar refractivity (Wildman–Crippen MR) is 69.6 cm³/mol. The van der Waals surface area contributed by atoms with E-state index in [1.807, 2.05) is 18.2 Å². The molecule has 2 rings (SSSR count). The molecule has 0 saturated carbocycles. The molecule has 0 spiro atoms. The van der Waals surface area contributed by atoms with Crippen LogP contribution in [0.3, 0.4) is 0 Å². The molecule has 4 nitrogen and oxygen atoms in total. The van der Waals surface area contributed by atoms with E-state index < -0.39 is 5.97 Å². The van der Waals surface area contributed by atoms with Gasteiger partial charge in [0.05, 0.1) is 0 Å². The average Bonchev–Trinajstić information content (AvgIpc) is 2.38. The minimum atomic E-state index is -0.723. The van der Waals surface area contributed by atoms with Gasteiger partial charge in [0, 0.05) is 11.3 Å². The van der Waals surface area contributed by atoms with E-state index in [-0.39, 0.29) is 6.42 Å². The zero-order valence-corrected chi connectivity index (χ0v) is 10.9. The standard InChI is InChI=1S/C13H16O4S/c14-13(15)3-1-2-8-18-10-4-5-11-12(9-10)17-7-6-16-11/h4-5,9H,1-3,6-8H2,(H,14,15). The number of hydrogen-bond acceptors (Lipinski definition) is 4. The van der Waals surface area contributed by atoms with E-state index in [2.05, 4.69) is 0 Å². The van der Waals surface area contributed by atoms with Crippen LogP contribution in [0, 0.1) is 0 Å². The Hall–Kier alpha value is -1.36. The highest BCUT2D eigenvalue weighted by molar-refractivity contribution is 7.99. The number of rotatable bonds is 6. The molecule has 1 aliphatic rings. The lowest BCUT2D eigenvalue weighted by molar-refractivity contribution is -0.137. The molecule has 1 aromatic carbocycles.